The van der Waals surface area contributed by atoms with E-state index in [1.807, 2.05) is 18.2 Å². The Kier molecular flexibility index (Phi) is 3.73. The summed E-state index contributed by atoms with van der Waals surface area (Å²) in [4.78, 5) is 0. The predicted octanol–water partition coefficient (Wildman–Crippen LogP) is 3.44. The molecule has 0 radical (unpaired) electrons. The van der Waals surface area contributed by atoms with Crippen molar-refractivity contribution >= 4 is 0 Å². The van der Waals surface area contributed by atoms with Gasteiger partial charge >= 0.3 is 0 Å². The zero-order valence-corrected chi connectivity index (χ0v) is 9.45. The molecule has 0 aliphatic heterocycles. The number of benzene rings is 1. The highest BCUT2D eigenvalue weighted by Gasteiger charge is 2.23. The molecular weight excluding hydrogens is 201 g/mol. The van der Waals surface area contributed by atoms with Crippen molar-refractivity contribution in [2.24, 2.45) is 5.92 Å². The van der Waals surface area contributed by atoms with Gasteiger partial charge in [0.15, 0.2) is 0 Å². The van der Waals surface area contributed by atoms with E-state index in [9.17, 15) is 4.39 Å². The van der Waals surface area contributed by atoms with Crippen molar-refractivity contribution in [2.45, 2.75) is 25.3 Å². The molecule has 2 rings (SSSR count). The average Bonchev–Trinajstić information content (AvgIpc) is 3.09. The van der Waals surface area contributed by atoms with Crippen LogP contribution in [0.3, 0.4) is 0 Å². The molecule has 16 heavy (non-hydrogen) atoms. The molecule has 0 heterocycles. The lowest BCUT2D eigenvalue weighted by atomic mass is 10.0. The van der Waals surface area contributed by atoms with Crippen molar-refractivity contribution in [1.29, 1.82) is 0 Å². The first-order valence-electron chi connectivity index (χ1n) is 5.90. The van der Waals surface area contributed by atoms with E-state index < -0.39 is 0 Å². The van der Waals surface area contributed by atoms with Crippen LogP contribution in [-0.2, 0) is 0 Å². The van der Waals surface area contributed by atoms with E-state index in [4.69, 9.17) is 0 Å². The lowest BCUT2D eigenvalue weighted by Crippen LogP contribution is -2.24. The molecule has 1 aliphatic rings. The van der Waals surface area contributed by atoms with Crippen LogP contribution in [0.4, 0.5) is 4.39 Å². The minimum absolute atomic E-state index is 0.0688. The van der Waals surface area contributed by atoms with Crippen LogP contribution in [0.1, 0.15) is 30.9 Å². The minimum atomic E-state index is -0.127. The third kappa shape index (κ3) is 2.92. The summed E-state index contributed by atoms with van der Waals surface area (Å²) in [5, 5.41) is 3.43. The second-order valence-electron chi connectivity index (χ2n) is 4.45. The van der Waals surface area contributed by atoms with Gasteiger partial charge in [0.25, 0.3) is 0 Å². The van der Waals surface area contributed by atoms with E-state index >= 15 is 0 Å². The molecule has 86 valence electrons. The maximum atomic E-state index is 13.6. The predicted molar refractivity (Wildman–Crippen MR) is 64.7 cm³/mol. The van der Waals surface area contributed by atoms with E-state index in [1.165, 1.54) is 18.9 Å². The number of hydrogen-bond acceptors (Lipinski definition) is 1. The van der Waals surface area contributed by atoms with Gasteiger partial charge in [-0.25, -0.2) is 4.39 Å². The molecule has 0 spiro atoms. The lowest BCUT2D eigenvalue weighted by Gasteiger charge is -2.18. The molecule has 0 bridgehead atoms. The highest BCUT2D eigenvalue weighted by atomic mass is 19.1. The Bertz CT molecular complexity index is 358. The molecular formula is C14H18FN. The SMILES string of the molecule is C=CCC(NCC1CC1)c1ccccc1F. The monoisotopic (exact) mass is 219 g/mol. The first kappa shape index (κ1) is 11.3. The van der Waals surface area contributed by atoms with Gasteiger partial charge in [-0.3, -0.25) is 0 Å². The summed E-state index contributed by atoms with van der Waals surface area (Å²) in [5.74, 6) is 0.678. The summed E-state index contributed by atoms with van der Waals surface area (Å²) < 4.78 is 13.6. The molecule has 0 saturated heterocycles. The number of hydrogen-bond donors (Lipinski definition) is 1. The fourth-order valence-electron chi connectivity index (χ4n) is 1.88. The van der Waals surface area contributed by atoms with Gasteiger partial charge in [-0.15, -0.1) is 6.58 Å². The fourth-order valence-corrected chi connectivity index (χ4v) is 1.88. The molecule has 2 heteroatoms. The Morgan fingerprint density at radius 2 is 2.19 bits per heavy atom. The molecule has 1 aromatic carbocycles. The number of nitrogens with one attached hydrogen (secondary N) is 1. The molecule has 1 aromatic rings. The van der Waals surface area contributed by atoms with E-state index in [0.29, 0.717) is 0 Å². The second kappa shape index (κ2) is 5.26. The quantitative estimate of drug-likeness (QED) is 0.723. The van der Waals surface area contributed by atoms with Crippen LogP contribution in [0.15, 0.2) is 36.9 Å². The maximum absolute atomic E-state index is 13.6. The summed E-state index contributed by atoms with van der Waals surface area (Å²) in [6.07, 6.45) is 5.24. The standard InChI is InChI=1S/C14H18FN/c1-2-5-14(16-10-11-8-9-11)12-6-3-4-7-13(12)15/h2-4,6-7,11,14,16H,1,5,8-10H2. The second-order valence-corrected chi connectivity index (χ2v) is 4.45. The van der Waals surface area contributed by atoms with Gasteiger partial charge in [0.2, 0.25) is 0 Å². The van der Waals surface area contributed by atoms with Crippen LogP contribution in [0.5, 0.6) is 0 Å². The number of rotatable bonds is 6. The Labute approximate surface area is 96.4 Å². The first-order chi connectivity index (χ1) is 7.81. The van der Waals surface area contributed by atoms with Crippen LogP contribution >= 0.6 is 0 Å². The largest absolute Gasteiger partial charge is 0.309 e. The molecule has 0 amide bonds. The average molecular weight is 219 g/mol. The lowest BCUT2D eigenvalue weighted by molar-refractivity contribution is 0.491. The van der Waals surface area contributed by atoms with Crippen LogP contribution < -0.4 is 5.32 Å². The zero-order valence-electron chi connectivity index (χ0n) is 9.45. The normalized spacial score (nSPS) is 17.1. The summed E-state index contributed by atoms with van der Waals surface area (Å²) in [7, 11) is 0. The molecule has 1 unspecified atom stereocenters. The molecule has 1 N–H and O–H groups in total. The topological polar surface area (TPSA) is 12.0 Å². The highest BCUT2D eigenvalue weighted by Crippen LogP contribution is 2.29. The van der Waals surface area contributed by atoms with Gasteiger partial charge in [0, 0.05) is 11.6 Å². The van der Waals surface area contributed by atoms with Crippen LogP contribution in [0.2, 0.25) is 0 Å². The van der Waals surface area contributed by atoms with Crippen molar-refractivity contribution in [3.63, 3.8) is 0 Å². The van der Waals surface area contributed by atoms with E-state index in [0.717, 1.165) is 24.4 Å². The summed E-state index contributed by atoms with van der Waals surface area (Å²) in [6.45, 7) is 4.73. The van der Waals surface area contributed by atoms with Crippen molar-refractivity contribution in [1.82, 2.24) is 5.32 Å². The van der Waals surface area contributed by atoms with E-state index in [2.05, 4.69) is 11.9 Å². The van der Waals surface area contributed by atoms with Crippen LogP contribution in [-0.4, -0.2) is 6.54 Å². The van der Waals surface area contributed by atoms with Crippen molar-refractivity contribution in [2.75, 3.05) is 6.54 Å². The fraction of sp³-hybridized carbons (Fsp3) is 0.429. The smallest absolute Gasteiger partial charge is 0.127 e. The van der Waals surface area contributed by atoms with Crippen molar-refractivity contribution in [3.05, 3.63) is 48.3 Å². The third-order valence-corrected chi connectivity index (χ3v) is 3.03. The Hall–Kier alpha value is -1.15. The van der Waals surface area contributed by atoms with Crippen molar-refractivity contribution in [3.8, 4) is 0 Å². The third-order valence-electron chi connectivity index (χ3n) is 3.03. The molecule has 0 aromatic heterocycles. The Morgan fingerprint density at radius 3 is 2.81 bits per heavy atom. The van der Waals surface area contributed by atoms with Crippen LogP contribution in [0.25, 0.3) is 0 Å². The Morgan fingerprint density at radius 1 is 1.44 bits per heavy atom. The minimum Gasteiger partial charge on any atom is -0.309 e. The van der Waals surface area contributed by atoms with Gasteiger partial charge in [0.1, 0.15) is 5.82 Å². The molecule has 1 aliphatic carbocycles. The highest BCUT2D eigenvalue weighted by molar-refractivity contribution is 5.21. The molecule has 1 saturated carbocycles. The molecule has 1 nitrogen and oxygen atoms in total. The van der Waals surface area contributed by atoms with Gasteiger partial charge in [0.05, 0.1) is 0 Å². The van der Waals surface area contributed by atoms with Crippen molar-refractivity contribution < 1.29 is 4.39 Å². The van der Waals surface area contributed by atoms with Gasteiger partial charge in [-0.1, -0.05) is 24.3 Å². The summed E-state index contributed by atoms with van der Waals surface area (Å²) >= 11 is 0. The summed E-state index contributed by atoms with van der Waals surface area (Å²) in [5.41, 5.74) is 0.753. The van der Waals surface area contributed by atoms with E-state index in [1.54, 1.807) is 6.07 Å². The molecule has 1 fully saturated rings. The van der Waals surface area contributed by atoms with Gasteiger partial charge in [-0.2, -0.15) is 0 Å². The maximum Gasteiger partial charge on any atom is 0.127 e. The first-order valence-corrected chi connectivity index (χ1v) is 5.90. The molecule has 1 atom stereocenters. The number of halogens is 1. The summed E-state index contributed by atoms with van der Waals surface area (Å²) in [6, 6.07) is 7.05. The van der Waals surface area contributed by atoms with Gasteiger partial charge < -0.3 is 5.32 Å². The zero-order chi connectivity index (χ0) is 11.4. The van der Waals surface area contributed by atoms with Gasteiger partial charge in [-0.05, 0) is 37.8 Å². The van der Waals surface area contributed by atoms with Crippen LogP contribution in [0, 0.1) is 11.7 Å². The van der Waals surface area contributed by atoms with E-state index in [-0.39, 0.29) is 11.9 Å². The Balaban J connectivity index is 2.04.